The minimum absolute atomic E-state index is 0.0364. The smallest absolute Gasteiger partial charge is 0.329 e. The number of hydrogen-bond acceptors (Lipinski definition) is 12. The van der Waals surface area contributed by atoms with Crippen LogP contribution in [0.3, 0.4) is 0 Å². The number of fused-ring (bicyclic) bond motifs is 1. The van der Waals surface area contributed by atoms with E-state index in [1.54, 1.807) is 34.6 Å². The fraction of sp³-hybridized carbons (Fsp3) is 0.523. The summed E-state index contributed by atoms with van der Waals surface area (Å²) in [6.07, 6.45) is 9.15. The summed E-state index contributed by atoms with van der Waals surface area (Å²) >= 11 is 0. The molecular weight excluding hydrogens is 819 g/mol. The second-order valence-corrected chi connectivity index (χ2v) is 16.6. The molecule has 3 amide bonds. The van der Waals surface area contributed by atoms with E-state index in [1.807, 2.05) is 18.2 Å². The highest BCUT2D eigenvalue weighted by molar-refractivity contribution is 6.03. The van der Waals surface area contributed by atoms with Crippen molar-refractivity contribution in [1.29, 1.82) is 0 Å². The van der Waals surface area contributed by atoms with Crippen LogP contribution in [0.15, 0.2) is 58.2 Å². The standard InChI is InChI=1S/C44H54F2N10O7/c1-54-39-29(4-2-6-34(39)56(44(54)60)35-13-14-37(57)52-42(35)59)5-3-18-61-20-21-62-19-17-47-23-27-9-11-31(12-10-27)55-25-32(38(53-55)40(45)46)50-41(58)33-26-63-43(51-33)30-15-16-48-36(22-30)49-24-28-7-8-28/h2,4,6,15-16,22,25-28,31,35,40,47H,3,5,7-14,17-21,23-24H2,1H3,(H,48,49)(H,50,58)(H,52,57,59)/t27-,31-,35?. The van der Waals surface area contributed by atoms with Crippen LogP contribution < -0.4 is 27.0 Å². The van der Waals surface area contributed by atoms with Gasteiger partial charge in [0.25, 0.3) is 12.3 Å². The number of nitrogens with one attached hydrogen (secondary N) is 4. The van der Waals surface area contributed by atoms with Gasteiger partial charge in [-0.1, -0.05) is 12.1 Å². The van der Waals surface area contributed by atoms with E-state index >= 15 is 0 Å². The lowest BCUT2D eigenvalue weighted by Crippen LogP contribution is -2.44. The number of carbonyl (C=O) groups excluding carboxylic acids is 3. The maximum absolute atomic E-state index is 14.1. The lowest BCUT2D eigenvalue weighted by Gasteiger charge is -2.28. The molecule has 5 aromatic rings. The molecule has 0 radical (unpaired) electrons. The fourth-order valence-electron chi connectivity index (χ4n) is 8.48. The number of hydrogen-bond donors (Lipinski definition) is 4. The molecule has 17 nitrogen and oxygen atoms in total. The van der Waals surface area contributed by atoms with E-state index < -0.39 is 30.0 Å². The third kappa shape index (κ3) is 10.7. The number of oxazole rings is 1. The number of anilines is 2. The predicted octanol–water partition coefficient (Wildman–Crippen LogP) is 5.56. The van der Waals surface area contributed by atoms with Crippen LogP contribution in [0.4, 0.5) is 20.3 Å². The Balaban J connectivity index is 0.707. The molecule has 1 saturated heterocycles. The molecule has 4 aromatic heterocycles. The number of aromatic nitrogens is 6. The number of imidazole rings is 1. The monoisotopic (exact) mass is 872 g/mol. The van der Waals surface area contributed by atoms with Gasteiger partial charge in [-0.15, -0.1) is 0 Å². The maximum atomic E-state index is 14.1. The van der Waals surface area contributed by atoms with Crippen molar-refractivity contribution in [1.82, 2.24) is 39.5 Å². The normalized spacial score (nSPS) is 19.2. The summed E-state index contributed by atoms with van der Waals surface area (Å²) in [5, 5.41) is 15.9. The molecule has 63 heavy (non-hydrogen) atoms. The first kappa shape index (κ1) is 43.8. The van der Waals surface area contributed by atoms with Gasteiger partial charge >= 0.3 is 5.69 Å². The van der Waals surface area contributed by atoms with Gasteiger partial charge in [-0.25, -0.2) is 23.5 Å². The first-order valence-corrected chi connectivity index (χ1v) is 21.9. The molecule has 2 aliphatic carbocycles. The molecule has 336 valence electrons. The Morgan fingerprint density at radius 2 is 1.76 bits per heavy atom. The average Bonchev–Trinajstić information content (AvgIpc) is 3.68. The van der Waals surface area contributed by atoms with Crippen LogP contribution in [0.1, 0.15) is 98.0 Å². The second-order valence-electron chi connectivity index (χ2n) is 16.6. The molecular formula is C44H54F2N10O7. The third-order valence-corrected chi connectivity index (χ3v) is 12.1. The Hall–Kier alpha value is -5.79. The SMILES string of the molecule is Cn1c(=O)n(C2CCC(=O)NC2=O)c2cccc(CCCOCCOCCNC[C@H]3CC[C@H](n4cc(NC(=O)c5coc(-c6ccnc(NCC7CC7)c6)n5)c(C(F)F)n4)CC3)c21. The number of pyridine rings is 1. The summed E-state index contributed by atoms with van der Waals surface area (Å²) in [7, 11) is 1.70. The zero-order valence-corrected chi connectivity index (χ0v) is 35.3. The minimum atomic E-state index is -2.87. The molecule has 1 aliphatic heterocycles. The Labute approximate surface area is 362 Å². The summed E-state index contributed by atoms with van der Waals surface area (Å²) in [4.78, 5) is 59.1. The number of halogens is 2. The molecule has 1 atom stereocenters. The largest absolute Gasteiger partial charge is 0.444 e. The van der Waals surface area contributed by atoms with E-state index in [9.17, 15) is 28.0 Å². The number of benzene rings is 1. The zero-order chi connectivity index (χ0) is 43.9. The first-order chi connectivity index (χ1) is 30.6. The number of aryl methyl sites for hydroxylation is 2. The van der Waals surface area contributed by atoms with Crippen molar-refractivity contribution in [2.45, 2.75) is 82.7 Å². The highest BCUT2D eigenvalue weighted by Crippen LogP contribution is 2.35. The number of imide groups is 1. The predicted molar refractivity (Wildman–Crippen MR) is 229 cm³/mol. The number of para-hydroxylation sites is 1. The summed E-state index contributed by atoms with van der Waals surface area (Å²) < 4.78 is 49.9. The molecule has 8 rings (SSSR count). The molecule has 0 spiro atoms. The molecule has 2 saturated carbocycles. The van der Waals surface area contributed by atoms with Gasteiger partial charge in [0.1, 0.15) is 18.1 Å². The van der Waals surface area contributed by atoms with Crippen molar-refractivity contribution in [3.8, 4) is 11.5 Å². The number of amides is 3. The Morgan fingerprint density at radius 3 is 2.54 bits per heavy atom. The zero-order valence-electron chi connectivity index (χ0n) is 35.3. The quantitative estimate of drug-likeness (QED) is 0.0529. The van der Waals surface area contributed by atoms with Gasteiger partial charge in [-0.05, 0) is 99.9 Å². The summed E-state index contributed by atoms with van der Waals surface area (Å²) in [6, 6.07) is 8.44. The fourth-order valence-corrected chi connectivity index (χ4v) is 8.48. The first-order valence-electron chi connectivity index (χ1n) is 21.9. The van der Waals surface area contributed by atoms with Gasteiger partial charge < -0.3 is 29.8 Å². The van der Waals surface area contributed by atoms with Crippen molar-refractivity contribution in [3.63, 3.8) is 0 Å². The summed E-state index contributed by atoms with van der Waals surface area (Å²) in [5.41, 5.74) is 2.23. The van der Waals surface area contributed by atoms with Crippen molar-refractivity contribution < 1.29 is 37.1 Å². The second kappa shape index (κ2) is 20.2. The molecule has 1 unspecified atom stereocenters. The Morgan fingerprint density at radius 1 is 0.984 bits per heavy atom. The minimum Gasteiger partial charge on any atom is -0.444 e. The number of alkyl halides is 2. The molecule has 3 fully saturated rings. The molecule has 0 bridgehead atoms. The van der Waals surface area contributed by atoms with E-state index in [1.165, 1.54) is 29.9 Å². The van der Waals surface area contributed by atoms with E-state index in [0.29, 0.717) is 74.5 Å². The molecule has 1 aromatic carbocycles. The number of ether oxygens (including phenoxy) is 2. The van der Waals surface area contributed by atoms with Crippen LogP contribution in [-0.2, 0) is 32.5 Å². The maximum Gasteiger partial charge on any atom is 0.329 e. The molecule has 5 heterocycles. The molecule has 4 N–H and O–H groups in total. The topological polar surface area (TPSA) is 201 Å². The number of nitrogens with zero attached hydrogens (tertiary/aromatic N) is 6. The van der Waals surface area contributed by atoms with Crippen molar-refractivity contribution >= 4 is 40.3 Å². The summed E-state index contributed by atoms with van der Waals surface area (Å²) in [5.74, 6) is 0.570. The van der Waals surface area contributed by atoms with Gasteiger partial charge in [-0.2, -0.15) is 5.10 Å². The van der Waals surface area contributed by atoms with Crippen LogP contribution >= 0.6 is 0 Å². The van der Waals surface area contributed by atoms with Crippen LogP contribution in [0.2, 0.25) is 0 Å². The lowest BCUT2D eigenvalue weighted by molar-refractivity contribution is -0.135. The van der Waals surface area contributed by atoms with E-state index in [0.717, 1.165) is 56.3 Å². The number of carbonyl (C=O) groups is 3. The summed E-state index contributed by atoms with van der Waals surface area (Å²) in [6.45, 7) is 4.33. The molecule has 3 aliphatic rings. The number of piperidine rings is 1. The van der Waals surface area contributed by atoms with Crippen LogP contribution in [0.5, 0.6) is 0 Å². The lowest BCUT2D eigenvalue weighted by atomic mass is 9.86. The van der Waals surface area contributed by atoms with Crippen LogP contribution in [-0.4, -0.2) is 92.7 Å². The highest BCUT2D eigenvalue weighted by Gasteiger charge is 2.32. The Kier molecular flexibility index (Phi) is 14.0. The van der Waals surface area contributed by atoms with E-state index in [-0.39, 0.29) is 41.3 Å². The van der Waals surface area contributed by atoms with Crippen molar-refractivity contribution in [2.24, 2.45) is 18.9 Å². The van der Waals surface area contributed by atoms with Gasteiger partial charge in [0.2, 0.25) is 17.7 Å². The van der Waals surface area contributed by atoms with E-state index in [2.05, 4.69) is 36.3 Å². The van der Waals surface area contributed by atoms with Crippen molar-refractivity contribution in [3.05, 3.63) is 76.4 Å². The Bertz CT molecular complexity index is 2450. The van der Waals surface area contributed by atoms with Gasteiger partial charge in [0.05, 0.1) is 42.6 Å². The van der Waals surface area contributed by atoms with E-state index in [4.69, 9.17) is 13.9 Å². The highest BCUT2D eigenvalue weighted by atomic mass is 19.3. The van der Waals surface area contributed by atoms with Gasteiger partial charge in [0.15, 0.2) is 11.4 Å². The van der Waals surface area contributed by atoms with Crippen LogP contribution in [0.25, 0.3) is 22.5 Å². The van der Waals surface area contributed by atoms with Gasteiger partial charge in [-0.3, -0.25) is 33.5 Å². The molecule has 19 heteroatoms. The average molecular weight is 873 g/mol. The van der Waals surface area contributed by atoms with Gasteiger partial charge in [0, 0.05) is 51.1 Å². The number of rotatable bonds is 21. The van der Waals surface area contributed by atoms with Crippen molar-refractivity contribution in [2.75, 3.05) is 56.7 Å². The third-order valence-electron chi connectivity index (χ3n) is 12.1. The van der Waals surface area contributed by atoms with Crippen LogP contribution in [0, 0.1) is 11.8 Å².